The van der Waals surface area contributed by atoms with E-state index in [4.69, 9.17) is 4.42 Å². The standard InChI is InChI=1S/C17H21N3O4S2/c1-13(17(21)19-11-14-5-4-10-24-14)25-16-7-6-15(12-18-16)26(22,23)20-8-2-3-9-20/h4-7,10,12-13H,2-3,8-9,11H2,1H3,(H,19,21). The Labute approximate surface area is 157 Å². The largest absolute Gasteiger partial charge is 0.467 e. The lowest BCUT2D eigenvalue weighted by atomic mass is 10.4. The first-order valence-electron chi connectivity index (χ1n) is 8.40. The zero-order valence-electron chi connectivity index (χ0n) is 14.4. The van der Waals surface area contributed by atoms with E-state index in [9.17, 15) is 13.2 Å². The lowest BCUT2D eigenvalue weighted by Gasteiger charge is -2.15. The highest BCUT2D eigenvalue weighted by Crippen LogP contribution is 2.25. The topological polar surface area (TPSA) is 92.5 Å². The molecule has 0 radical (unpaired) electrons. The number of carbonyl (C=O) groups is 1. The highest BCUT2D eigenvalue weighted by atomic mass is 32.2. The Morgan fingerprint density at radius 1 is 1.35 bits per heavy atom. The van der Waals surface area contributed by atoms with E-state index in [0.717, 1.165) is 12.8 Å². The van der Waals surface area contributed by atoms with E-state index in [0.29, 0.717) is 30.4 Å². The summed E-state index contributed by atoms with van der Waals surface area (Å²) in [6.07, 6.45) is 4.71. The van der Waals surface area contributed by atoms with Gasteiger partial charge in [0.2, 0.25) is 15.9 Å². The molecule has 0 saturated carbocycles. The van der Waals surface area contributed by atoms with Gasteiger partial charge >= 0.3 is 0 Å². The van der Waals surface area contributed by atoms with E-state index < -0.39 is 10.0 Å². The minimum Gasteiger partial charge on any atom is -0.467 e. The van der Waals surface area contributed by atoms with Crippen molar-refractivity contribution in [1.82, 2.24) is 14.6 Å². The normalized spacial score (nSPS) is 16.5. The van der Waals surface area contributed by atoms with Crippen LogP contribution in [0.5, 0.6) is 0 Å². The van der Waals surface area contributed by atoms with Gasteiger partial charge in [-0.1, -0.05) is 11.8 Å². The molecule has 7 nitrogen and oxygen atoms in total. The number of hydrogen-bond donors (Lipinski definition) is 1. The van der Waals surface area contributed by atoms with Gasteiger partial charge in [-0.15, -0.1) is 0 Å². The van der Waals surface area contributed by atoms with Crippen molar-refractivity contribution in [2.24, 2.45) is 0 Å². The van der Waals surface area contributed by atoms with Gasteiger partial charge in [0.05, 0.1) is 23.1 Å². The summed E-state index contributed by atoms with van der Waals surface area (Å²) in [5, 5.41) is 3.03. The third-order valence-electron chi connectivity index (χ3n) is 4.10. The molecule has 1 amide bonds. The second-order valence-electron chi connectivity index (χ2n) is 6.00. The summed E-state index contributed by atoms with van der Waals surface area (Å²) in [7, 11) is -3.46. The van der Waals surface area contributed by atoms with E-state index in [2.05, 4.69) is 10.3 Å². The molecule has 2 aromatic heterocycles. The molecule has 0 spiro atoms. The van der Waals surface area contributed by atoms with Crippen LogP contribution in [0.25, 0.3) is 0 Å². The van der Waals surface area contributed by atoms with E-state index in [1.165, 1.54) is 22.3 Å². The summed E-state index contributed by atoms with van der Waals surface area (Å²) < 4.78 is 31.6. The van der Waals surface area contributed by atoms with Crippen molar-refractivity contribution in [3.05, 3.63) is 42.5 Å². The number of amides is 1. The van der Waals surface area contributed by atoms with Gasteiger partial charge in [-0.3, -0.25) is 4.79 Å². The van der Waals surface area contributed by atoms with Crippen LogP contribution in [0, 0.1) is 0 Å². The van der Waals surface area contributed by atoms with Gasteiger partial charge in [-0.05, 0) is 44.0 Å². The highest BCUT2D eigenvalue weighted by molar-refractivity contribution is 8.00. The Hall–Kier alpha value is -1.84. The van der Waals surface area contributed by atoms with Gasteiger partial charge in [-0.2, -0.15) is 4.31 Å². The first-order valence-corrected chi connectivity index (χ1v) is 10.7. The van der Waals surface area contributed by atoms with Crippen LogP contribution in [0.4, 0.5) is 0 Å². The number of nitrogens with zero attached hydrogens (tertiary/aromatic N) is 2. The molecule has 1 aliphatic rings. The zero-order chi connectivity index (χ0) is 18.6. The highest BCUT2D eigenvalue weighted by Gasteiger charge is 2.27. The van der Waals surface area contributed by atoms with Crippen LogP contribution < -0.4 is 5.32 Å². The predicted molar refractivity (Wildman–Crippen MR) is 98.1 cm³/mol. The van der Waals surface area contributed by atoms with Crippen LogP contribution in [0.2, 0.25) is 0 Å². The number of pyridine rings is 1. The molecule has 2 aromatic rings. The number of sulfonamides is 1. The second-order valence-corrected chi connectivity index (χ2v) is 9.30. The fraction of sp³-hybridized carbons (Fsp3) is 0.412. The van der Waals surface area contributed by atoms with Crippen molar-refractivity contribution in [1.29, 1.82) is 0 Å². The number of aromatic nitrogens is 1. The molecule has 1 saturated heterocycles. The molecule has 3 rings (SSSR count). The van der Waals surface area contributed by atoms with Crippen LogP contribution in [-0.2, 0) is 21.4 Å². The van der Waals surface area contributed by atoms with Crippen molar-refractivity contribution in [3.63, 3.8) is 0 Å². The fourth-order valence-corrected chi connectivity index (χ4v) is 4.91. The van der Waals surface area contributed by atoms with E-state index >= 15 is 0 Å². The Morgan fingerprint density at radius 3 is 2.73 bits per heavy atom. The van der Waals surface area contributed by atoms with Gasteiger partial charge in [0, 0.05) is 19.3 Å². The lowest BCUT2D eigenvalue weighted by Crippen LogP contribution is -2.30. The minimum atomic E-state index is -3.46. The number of rotatable bonds is 7. The molecule has 1 N–H and O–H groups in total. The molecule has 1 aliphatic heterocycles. The molecule has 1 unspecified atom stereocenters. The second kappa shape index (κ2) is 8.24. The molecule has 1 fully saturated rings. The Balaban J connectivity index is 1.57. The number of nitrogens with one attached hydrogen (secondary N) is 1. The van der Waals surface area contributed by atoms with Gasteiger partial charge in [0.25, 0.3) is 0 Å². The maximum absolute atomic E-state index is 12.5. The van der Waals surface area contributed by atoms with Gasteiger partial charge < -0.3 is 9.73 Å². The van der Waals surface area contributed by atoms with Crippen LogP contribution in [-0.4, -0.2) is 42.0 Å². The SMILES string of the molecule is CC(Sc1ccc(S(=O)(=O)N2CCCC2)cn1)C(=O)NCc1ccco1. The number of hydrogen-bond acceptors (Lipinski definition) is 6. The Bertz CT molecular complexity index is 829. The van der Waals surface area contributed by atoms with E-state index in [1.54, 1.807) is 37.5 Å². The Morgan fingerprint density at radius 2 is 2.12 bits per heavy atom. The quantitative estimate of drug-likeness (QED) is 0.723. The fourth-order valence-electron chi connectivity index (χ4n) is 2.63. The van der Waals surface area contributed by atoms with Crippen LogP contribution >= 0.6 is 11.8 Å². The van der Waals surface area contributed by atoms with E-state index in [1.807, 2.05) is 0 Å². The van der Waals surface area contributed by atoms with Crippen LogP contribution in [0.15, 0.2) is 51.1 Å². The average molecular weight is 396 g/mol. The number of thioether (sulfide) groups is 1. The van der Waals surface area contributed by atoms with Gasteiger partial charge in [-0.25, -0.2) is 13.4 Å². The molecule has 0 bridgehead atoms. The summed E-state index contributed by atoms with van der Waals surface area (Å²) in [4.78, 5) is 16.5. The third kappa shape index (κ3) is 4.46. The van der Waals surface area contributed by atoms with Crippen molar-refractivity contribution in [2.75, 3.05) is 13.1 Å². The first kappa shape index (κ1) is 18.9. The van der Waals surface area contributed by atoms with Crippen molar-refractivity contribution in [2.45, 2.75) is 41.5 Å². The van der Waals surface area contributed by atoms with Crippen molar-refractivity contribution in [3.8, 4) is 0 Å². The average Bonchev–Trinajstić information content (AvgIpc) is 3.34. The minimum absolute atomic E-state index is 0.137. The van der Waals surface area contributed by atoms with Crippen molar-refractivity contribution < 1.29 is 17.6 Å². The first-order chi connectivity index (χ1) is 12.5. The molecular formula is C17H21N3O4S2. The summed E-state index contributed by atoms with van der Waals surface area (Å²) in [6.45, 7) is 3.23. The molecule has 3 heterocycles. The Kier molecular flexibility index (Phi) is 6.00. The maximum Gasteiger partial charge on any atom is 0.244 e. The summed E-state index contributed by atoms with van der Waals surface area (Å²) in [6, 6.07) is 6.75. The maximum atomic E-state index is 12.5. The smallest absolute Gasteiger partial charge is 0.244 e. The molecule has 9 heteroatoms. The van der Waals surface area contributed by atoms with E-state index in [-0.39, 0.29) is 16.1 Å². The van der Waals surface area contributed by atoms with Crippen LogP contribution in [0.1, 0.15) is 25.5 Å². The lowest BCUT2D eigenvalue weighted by molar-refractivity contribution is -0.120. The summed E-state index contributed by atoms with van der Waals surface area (Å²) >= 11 is 1.28. The summed E-state index contributed by atoms with van der Waals surface area (Å²) in [5.41, 5.74) is 0. The molecule has 1 atom stereocenters. The molecule has 140 valence electrons. The van der Waals surface area contributed by atoms with Gasteiger partial charge in [0.1, 0.15) is 10.7 Å². The molecule has 26 heavy (non-hydrogen) atoms. The molecular weight excluding hydrogens is 374 g/mol. The number of furan rings is 1. The van der Waals surface area contributed by atoms with Gasteiger partial charge in [0.15, 0.2) is 0 Å². The van der Waals surface area contributed by atoms with Crippen molar-refractivity contribution >= 4 is 27.7 Å². The zero-order valence-corrected chi connectivity index (χ0v) is 16.1. The summed E-state index contributed by atoms with van der Waals surface area (Å²) in [5.74, 6) is 0.548. The molecule has 0 aromatic carbocycles. The molecule has 0 aliphatic carbocycles. The third-order valence-corrected chi connectivity index (χ3v) is 7.03. The number of carbonyl (C=O) groups excluding carboxylic acids is 1. The van der Waals surface area contributed by atoms with Crippen LogP contribution in [0.3, 0.4) is 0 Å². The monoisotopic (exact) mass is 395 g/mol. The predicted octanol–water partition coefficient (Wildman–Crippen LogP) is 2.26.